The van der Waals surface area contributed by atoms with Gasteiger partial charge < -0.3 is 30.2 Å². The average molecular weight is 727 g/mol. The van der Waals surface area contributed by atoms with Gasteiger partial charge in [0.25, 0.3) is 0 Å². The first-order chi connectivity index (χ1) is 24.4. The highest BCUT2D eigenvalue weighted by molar-refractivity contribution is 5.92. The van der Waals surface area contributed by atoms with Gasteiger partial charge in [-0.15, -0.1) is 0 Å². The molecule has 0 bridgehead atoms. The second kappa shape index (κ2) is 19.6. The number of carbonyl (C=O) groups excluding carboxylic acids is 4. The van der Waals surface area contributed by atoms with Gasteiger partial charge in [0, 0.05) is 37.0 Å². The van der Waals surface area contributed by atoms with Crippen molar-refractivity contribution in [2.24, 2.45) is 17.8 Å². The third kappa shape index (κ3) is 13.2. The van der Waals surface area contributed by atoms with Crippen LogP contribution in [-0.2, 0) is 30.3 Å². The summed E-state index contributed by atoms with van der Waals surface area (Å²) in [5, 5.41) is 17.6. The number of alkyl carbamates (subject to hydrolysis) is 1. The summed E-state index contributed by atoms with van der Waals surface area (Å²) in [5.41, 5.74) is -0.0139. The molecule has 2 saturated heterocycles. The van der Waals surface area contributed by atoms with Crippen LogP contribution in [0.3, 0.4) is 0 Å². The molecule has 0 aromatic heterocycles. The van der Waals surface area contributed by atoms with E-state index in [1.807, 2.05) is 64.1 Å². The van der Waals surface area contributed by atoms with E-state index < -0.39 is 41.1 Å². The Labute approximate surface area is 312 Å². The fourth-order valence-corrected chi connectivity index (χ4v) is 7.72. The molecule has 3 rings (SSSR count). The molecule has 2 heterocycles. The zero-order valence-corrected chi connectivity index (χ0v) is 33.2. The minimum atomic E-state index is -0.885. The van der Waals surface area contributed by atoms with E-state index in [0.29, 0.717) is 76.3 Å². The number of likely N-dealkylation sites (tertiary alicyclic amines) is 1. The second-order valence-electron chi connectivity index (χ2n) is 16.8. The molecular formula is C41H66N4O7. The minimum Gasteiger partial charge on any atom is -0.461 e. The number of hydrogen-bond donors (Lipinski definition) is 3. The Morgan fingerprint density at radius 1 is 0.962 bits per heavy atom. The van der Waals surface area contributed by atoms with Gasteiger partial charge in [-0.1, -0.05) is 63.3 Å². The smallest absolute Gasteiger partial charge is 0.407 e. The van der Waals surface area contributed by atoms with Crippen LogP contribution in [0, 0.1) is 17.8 Å². The van der Waals surface area contributed by atoms with Crippen LogP contribution in [0.2, 0.25) is 0 Å². The lowest BCUT2D eigenvalue weighted by molar-refractivity contribution is -0.256. The van der Waals surface area contributed by atoms with Crippen LogP contribution in [0.1, 0.15) is 119 Å². The maximum Gasteiger partial charge on any atom is 0.407 e. The van der Waals surface area contributed by atoms with Crippen molar-refractivity contribution < 1.29 is 33.9 Å². The van der Waals surface area contributed by atoms with Crippen molar-refractivity contribution in [2.75, 3.05) is 13.1 Å². The Kier molecular flexibility index (Phi) is 16.2. The van der Waals surface area contributed by atoms with Gasteiger partial charge in [0.05, 0.1) is 12.0 Å². The third-order valence-corrected chi connectivity index (χ3v) is 9.99. The predicted molar refractivity (Wildman–Crippen MR) is 202 cm³/mol. The third-order valence-electron chi connectivity index (χ3n) is 9.99. The van der Waals surface area contributed by atoms with Gasteiger partial charge in [0.2, 0.25) is 11.8 Å². The minimum absolute atomic E-state index is 0.0807. The molecule has 2 aliphatic heterocycles. The summed E-state index contributed by atoms with van der Waals surface area (Å²) in [6, 6.07) is 8.37. The molecule has 11 nitrogen and oxygen atoms in total. The lowest BCUT2D eigenvalue weighted by atomic mass is 9.80. The van der Waals surface area contributed by atoms with Gasteiger partial charge in [-0.2, -0.15) is 5.06 Å². The molecule has 11 heteroatoms. The maximum absolute atomic E-state index is 14.1. The zero-order chi connectivity index (χ0) is 38.6. The van der Waals surface area contributed by atoms with Crippen LogP contribution in [0.25, 0.3) is 0 Å². The molecule has 0 unspecified atom stereocenters. The molecule has 1 aromatic carbocycles. The summed E-state index contributed by atoms with van der Waals surface area (Å²) in [7, 11) is 0. The van der Waals surface area contributed by atoms with Crippen LogP contribution < -0.4 is 10.6 Å². The molecule has 0 radical (unpaired) electrons. The number of esters is 1. The SMILES string of the molecule is CC(C)C[C@H](C)/C=C/[C@H](Cc1ccccc1)C(=O)N1CCC[C@H]1C(=O)N[C@@H](CCCCNC(=O)OC1CC(C)(C)N(O)C(C)(C)C1)C(=O)OC(C)C. The van der Waals surface area contributed by atoms with Crippen molar-refractivity contribution in [3.05, 3.63) is 48.0 Å². The van der Waals surface area contributed by atoms with Gasteiger partial charge in [-0.25, -0.2) is 9.59 Å². The summed E-state index contributed by atoms with van der Waals surface area (Å²) in [6.07, 6.45) is 8.13. The average Bonchev–Trinajstić information content (AvgIpc) is 3.54. The van der Waals surface area contributed by atoms with E-state index in [0.717, 1.165) is 12.0 Å². The van der Waals surface area contributed by atoms with Crippen molar-refractivity contribution >= 4 is 23.9 Å². The number of piperidine rings is 1. The first kappa shape index (κ1) is 43.0. The Hall–Kier alpha value is -3.44. The van der Waals surface area contributed by atoms with Crippen molar-refractivity contribution in [1.82, 2.24) is 20.6 Å². The first-order valence-corrected chi connectivity index (χ1v) is 19.4. The number of ether oxygens (including phenoxy) is 2. The fourth-order valence-electron chi connectivity index (χ4n) is 7.72. The quantitative estimate of drug-likeness (QED) is 0.0904. The first-order valence-electron chi connectivity index (χ1n) is 19.4. The normalized spacial score (nSPS) is 20.8. The summed E-state index contributed by atoms with van der Waals surface area (Å²) in [4.78, 5) is 55.3. The molecule has 2 aliphatic rings. The lowest BCUT2D eigenvalue weighted by Crippen LogP contribution is -2.60. The number of nitrogens with zero attached hydrogens (tertiary/aromatic N) is 2. The molecular weight excluding hydrogens is 660 g/mol. The highest BCUT2D eigenvalue weighted by Gasteiger charge is 2.46. The second-order valence-corrected chi connectivity index (χ2v) is 16.8. The largest absolute Gasteiger partial charge is 0.461 e. The van der Waals surface area contributed by atoms with E-state index in [4.69, 9.17) is 9.47 Å². The van der Waals surface area contributed by atoms with Gasteiger partial charge in [-0.05, 0) is 104 Å². The van der Waals surface area contributed by atoms with Crippen LogP contribution in [0.4, 0.5) is 4.79 Å². The summed E-state index contributed by atoms with van der Waals surface area (Å²) >= 11 is 0. The number of nitrogens with one attached hydrogen (secondary N) is 2. The van der Waals surface area contributed by atoms with E-state index >= 15 is 0 Å². The number of amides is 3. The van der Waals surface area contributed by atoms with E-state index in [-0.39, 0.29) is 24.0 Å². The maximum atomic E-state index is 14.1. The molecule has 292 valence electrons. The molecule has 4 atom stereocenters. The number of unbranched alkanes of at least 4 members (excludes halogenated alkanes) is 1. The molecule has 3 N–H and O–H groups in total. The number of benzene rings is 1. The molecule has 0 aliphatic carbocycles. The number of carbonyl (C=O) groups is 4. The molecule has 2 fully saturated rings. The van der Waals surface area contributed by atoms with E-state index in [1.165, 1.54) is 5.06 Å². The number of hydrogen-bond acceptors (Lipinski definition) is 8. The Morgan fingerprint density at radius 3 is 2.23 bits per heavy atom. The Balaban J connectivity index is 1.60. The molecule has 1 aromatic rings. The molecule has 52 heavy (non-hydrogen) atoms. The number of rotatable bonds is 17. The topological polar surface area (TPSA) is 138 Å². The lowest BCUT2D eigenvalue weighted by Gasteiger charge is -2.50. The van der Waals surface area contributed by atoms with Crippen molar-refractivity contribution in [3.8, 4) is 0 Å². The van der Waals surface area contributed by atoms with Crippen molar-refractivity contribution in [1.29, 1.82) is 0 Å². The number of allylic oxidation sites excluding steroid dienone is 1. The van der Waals surface area contributed by atoms with Crippen molar-refractivity contribution in [3.63, 3.8) is 0 Å². The standard InChI is InChI=1S/C41H66N4O7/c1-28(2)24-30(5)20-21-32(25-31-16-11-10-12-17-31)37(47)44-23-15-19-35(44)36(46)43-34(38(48)51-29(3)4)18-13-14-22-42-39(49)52-33-26-40(6,7)45(50)41(8,9)27-33/h10-12,16-17,20-21,28-30,32-35,50H,13-15,18-19,22-27H2,1-9H3,(H,42,49)(H,43,46)/b21-20+/t30-,32-,34+,35+/m1/s1. The van der Waals surface area contributed by atoms with Gasteiger partial charge >= 0.3 is 12.1 Å². The van der Waals surface area contributed by atoms with Crippen LogP contribution in [0.5, 0.6) is 0 Å². The van der Waals surface area contributed by atoms with Gasteiger partial charge in [0.1, 0.15) is 18.2 Å². The molecule has 0 saturated carbocycles. The van der Waals surface area contributed by atoms with E-state index in [1.54, 1.807) is 18.7 Å². The predicted octanol–water partition coefficient (Wildman–Crippen LogP) is 6.82. The van der Waals surface area contributed by atoms with Gasteiger partial charge in [0.15, 0.2) is 0 Å². The van der Waals surface area contributed by atoms with E-state index in [9.17, 15) is 24.4 Å². The van der Waals surface area contributed by atoms with E-state index in [2.05, 4.69) is 37.5 Å². The number of hydroxylamine groups is 2. The summed E-state index contributed by atoms with van der Waals surface area (Å²) in [6.45, 7) is 18.5. The monoisotopic (exact) mass is 726 g/mol. The molecule has 3 amide bonds. The Bertz CT molecular complexity index is 1330. The zero-order valence-electron chi connectivity index (χ0n) is 33.2. The van der Waals surface area contributed by atoms with Crippen molar-refractivity contribution in [2.45, 2.75) is 155 Å². The fraction of sp³-hybridized carbons (Fsp3) is 0.707. The molecule has 0 spiro atoms. The highest BCUT2D eigenvalue weighted by atomic mass is 16.6. The summed E-state index contributed by atoms with van der Waals surface area (Å²) in [5.74, 6) is -0.499. The highest BCUT2D eigenvalue weighted by Crippen LogP contribution is 2.38. The van der Waals surface area contributed by atoms with Gasteiger partial charge in [-0.3, -0.25) is 9.59 Å². The summed E-state index contributed by atoms with van der Waals surface area (Å²) < 4.78 is 11.2. The van der Waals surface area contributed by atoms with Crippen LogP contribution in [0.15, 0.2) is 42.5 Å². The van der Waals surface area contributed by atoms with Crippen LogP contribution >= 0.6 is 0 Å². The Morgan fingerprint density at radius 2 is 1.62 bits per heavy atom. The van der Waals surface area contributed by atoms with Crippen LogP contribution in [-0.4, -0.2) is 87.5 Å².